The lowest BCUT2D eigenvalue weighted by atomic mass is 9.98. The van der Waals surface area contributed by atoms with E-state index in [1.165, 1.54) is 24.3 Å². The highest BCUT2D eigenvalue weighted by Gasteiger charge is 2.43. The summed E-state index contributed by atoms with van der Waals surface area (Å²) in [5.74, 6) is -1.22. The van der Waals surface area contributed by atoms with E-state index < -0.39 is 11.8 Å². The van der Waals surface area contributed by atoms with E-state index in [0.717, 1.165) is 25.7 Å². The first-order chi connectivity index (χ1) is 17.2. The predicted octanol–water partition coefficient (Wildman–Crippen LogP) is 5.08. The maximum Gasteiger partial charge on any atom is 0.354 e. The van der Waals surface area contributed by atoms with Crippen molar-refractivity contribution in [3.05, 3.63) is 63.4 Å². The fourth-order valence-electron chi connectivity index (χ4n) is 5.33. The molecule has 3 N–H and O–H groups in total. The van der Waals surface area contributed by atoms with Crippen molar-refractivity contribution < 1.29 is 24.1 Å². The number of aromatic nitrogens is 2. The normalized spacial score (nSPS) is 24.0. The Hall–Kier alpha value is -3.04. The molecule has 1 aromatic carbocycles. The number of piperidine rings is 1. The third-order valence-corrected chi connectivity index (χ3v) is 7.55. The van der Waals surface area contributed by atoms with Crippen LogP contribution in [0.25, 0.3) is 0 Å². The summed E-state index contributed by atoms with van der Waals surface area (Å²) in [6.07, 6.45) is 4.72. The highest BCUT2D eigenvalue weighted by atomic mass is 35.5. The molecule has 5 rings (SSSR count). The monoisotopic (exact) mass is 514 g/mol. The third kappa shape index (κ3) is 4.82. The van der Waals surface area contributed by atoms with Crippen molar-refractivity contribution in [2.24, 2.45) is 5.92 Å². The van der Waals surface area contributed by atoms with Crippen LogP contribution in [0.3, 0.4) is 0 Å². The number of rotatable bonds is 8. The van der Waals surface area contributed by atoms with E-state index >= 15 is 0 Å². The molecule has 3 heterocycles. The summed E-state index contributed by atoms with van der Waals surface area (Å²) < 4.78 is 20.8. The van der Waals surface area contributed by atoms with Crippen LogP contribution in [0.15, 0.2) is 35.6 Å². The maximum absolute atomic E-state index is 14.5. The first-order valence-corrected chi connectivity index (χ1v) is 12.5. The van der Waals surface area contributed by atoms with Gasteiger partial charge in [-0.15, -0.1) is 0 Å². The summed E-state index contributed by atoms with van der Waals surface area (Å²) in [7, 11) is 0. The number of aliphatic hydroxyl groups excluding tert-OH is 1. The second-order valence-corrected chi connectivity index (χ2v) is 10.2. The van der Waals surface area contributed by atoms with Gasteiger partial charge in [-0.1, -0.05) is 17.7 Å². The van der Waals surface area contributed by atoms with Crippen LogP contribution in [0.1, 0.15) is 60.3 Å². The first-order valence-electron chi connectivity index (χ1n) is 12.2. The van der Waals surface area contributed by atoms with E-state index in [2.05, 4.69) is 14.9 Å². The SMILES string of the molecule is Cc1cc(C(=O)O)nc(N2C3CC[C@H]2CC(OC/C(C(=N)c2c(F)cccc2Cl)=C(/O)C2CC2)C3)n1. The van der Waals surface area contributed by atoms with Crippen molar-refractivity contribution in [2.75, 3.05) is 11.5 Å². The second kappa shape index (κ2) is 9.78. The molecule has 0 radical (unpaired) electrons. The molecule has 0 spiro atoms. The number of anilines is 1. The molecule has 1 aromatic heterocycles. The molecule has 1 aliphatic carbocycles. The number of aliphatic hydroxyl groups is 1. The van der Waals surface area contributed by atoms with Gasteiger partial charge in [-0.25, -0.2) is 19.2 Å². The molecule has 10 heteroatoms. The summed E-state index contributed by atoms with van der Waals surface area (Å²) in [4.78, 5) is 22.4. The number of fused-ring (bicyclic) bond motifs is 2. The van der Waals surface area contributed by atoms with Gasteiger partial charge < -0.3 is 19.8 Å². The predicted molar refractivity (Wildman–Crippen MR) is 133 cm³/mol. The zero-order valence-corrected chi connectivity index (χ0v) is 20.6. The molecule has 2 saturated heterocycles. The van der Waals surface area contributed by atoms with Crippen molar-refractivity contribution in [3.63, 3.8) is 0 Å². The minimum Gasteiger partial charge on any atom is -0.512 e. The number of carbonyl (C=O) groups is 1. The molecular formula is C26H28ClFN4O4. The Labute approximate surface area is 213 Å². The van der Waals surface area contributed by atoms with Crippen molar-refractivity contribution in [2.45, 2.75) is 63.6 Å². The average molecular weight is 515 g/mol. The van der Waals surface area contributed by atoms with Gasteiger partial charge in [-0.3, -0.25) is 5.41 Å². The molecule has 1 saturated carbocycles. The zero-order chi connectivity index (χ0) is 25.6. The van der Waals surface area contributed by atoms with Gasteiger partial charge in [0.15, 0.2) is 5.69 Å². The lowest BCUT2D eigenvalue weighted by molar-refractivity contribution is 0.0406. The molecular weight excluding hydrogens is 487 g/mol. The number of hydrogen-bond acceptors (Lipinski definition) is 7. The molecule has 2 aliphatic heterocycles. The van der Waals surface area contributed by atoms with E-state index in [9.17, 15) is 19.4 Å². The number of aryl methyl sites for hydroxylation is 1. The average Bonchev–Trinajstić information content (AvgIpc) is 3.63. The zero-order valence-electron chi connectivity index (χ0n) is 19.9. The highest BCUT2D eigenvalue weighted by Crippen LogP contribution is 2.41. The smallest absolute Gasteiger partial charge is 0.354 e. The number of nitrogens with zero attached hydrogens (tertiary/aromatic N) is 3. The number of aromatic carboxylic acids is 1. The highest BCUT2D eigenvalue weighted by molar-refractivity contribution is 6.35. The molecule has 2 unspecified atom stereocenters. The van der Waals surface area contributed by atoms with E-state index in [0.29, 0.717) is 24.5 Å². The van der Waals surface area contributed by atoms with Gasteiger partial charge >= 0.3 is 5.97 Å². The topological polar surface area (TPSA) is 120 Å². The van der Waals surface area contributed by atoms with E-state index in [1.54, 1.807) is 6.92 Å². The Balaban J connectivity index is 1.32. The molecule has 2 bridgehead atoms. The van der Waals surface area contributed by atoms with Crippen LogP contribution in [0.2, 0.25) is 5.02 Å². The van der Waals surface area contributed by atoms with Crippen LogP contribution in [0, 0.1) is 24.1 Å². The standard InChI is InChI=1S/C26H28ClFN4O4/c1-13-9-21(25(34)35)31-26(30-13)32-15-7-8-16(32)11-17(10-15)36-12-18(24(33)14-5-6-14)23(29)22-19(27)3-2-4-20(22)28/h2-4,9,14-17,29,33H,5-8,10-12H2,1H3,(H,34,35)/b24-18-,29-23?/t15-,16?,17?/m0/s1. The van der Waals surface area contributed by atoms with Crippen LogP contribution in [-0.4, -0.2) is 56.7 Å². The van der Waals surface area contributed by atoms with Gasteiger partial charge in [0, 0.05) is 29.3 Å². The largest absolute Gasteiger partial charge is 0.512 e. The fourth-order valence-corrected chi connectivity index (χ4v) is 5.59. The number of nitrogens with one attached hydrogen (secondary N) is 1. The lowest BCUT2D eigenvalue weighted by Gasteiger charge is -2.39. The number of allylic oxidation sites excluding steroid dienone is 1. The van der Waals surface area contributed by atoms with Crippen LogP contribution >= 0.6 is 11.6 Å². The Morgan fingerprint density at radius 1 is 1.19 bits per heavy atom. The Bertz CT molecular complexity index is 1210. The summed E-state index contributed by atoms with van der Waals surface area (Å²) in [5, 5.41) is 29.0. The molecule has 0 amide bonds. The minimum atomic E-state index is -1.08. The Morgan fingerprint density at radius 3 is 2.50 bits per heavy atom. The number of carboxylic acid groups (broad SMARTS) is 1. The maximum atomic E-state index is 14.5. The molecule has 3 fully saturated rings. The van der Waals surface area contributed by atoms with Gasteiger partial charge in [0.1, 0.15) is 11.6 Å². The van der Waals surface area contributed by atoms with Crippen LogP contribution in [0.4, 0.5) is 10.3 Å². The molecule has 3 atom stereocenters. The number of hydrogen-bond donors (Lipinski definition) is 3. The first kappa shape index (κ1) is 24.6. The van der Waals surface area contributed by atoms with Gasteiger partial charge in [-0.05, 0) is 63.6 Å². The molecule has 190 valence electrons. The van der Waals surface area contributed by atoms with Crippen LogP contribution < -0.4 is 4.90 Å². The summed E-state index contributed by atoms with van der Waals surface area (Å²) in [5.41, 5.74) is 0.659. The summed E-state index contributed by atoms with van der Waals surface area (Å²) in [6.45, 7) is 1.74. The van der Waals surface area contributed by atoms with Crippen molar-refractivity contribution in [3.8, 4) is 0 Å². The molecule has 3 aliphatic rings. The van der Waals surface area contributed by atoms with E-state index in [1.807, 2.05) is 0 Å². The Morgan fingerprint density at radius 2 is 1.89 bits per heavy atom. The molecule has 2 aromatic rings. The van der Waals surface area contributed by atoms with Gasteiger partial charge in [0.05, 0.1) is 29.0 Å². The second-order valence-electron chi connectivity index (χ2n) is 9.81. The number of ether oxygens (including phenoxy) is 1. The number of halogens is 2. The molecule has 8 nitrogen and oxygen atoms in total. The number of carboxylic acids is 1. The van der Waals surface area contributed by atoms with Gasteiger partial charge in [0.25, 0.3) is 0 Å². The third-order valence-electron chi connectivity index (χ3n) is 7.23. The van der Waals surface area contributed by atoms with Crippen molar-refractivity contribution >= 4 is 29.2 Å². The minimum absolute atomic E-state index is 0.0138. The lowest BCUT2D eigenvalue weighted by Crippen LogP contribution is -2.46. The van der Waals surface area contributed by atoms with E-state index in [4.69, 9.17) is 21.7 Å². The summed E-state index contributed by atoms with van der Waals surface area (Å²) >= 11 is 6.20. The molecule has 36 heavy (non-hydrogen) atoms. The summed E-state index contributed by atoms with van der Waals surface area (Å²) in [6, 6.07) is 5.91. The van der Waals surface area contributed by atoms with Crippen molar-refractivity contribution in [1.29, 1.82) is 5.41 Å². The number of benzene rings is 1. The van der Waals surface area contributed by atoms with Crippen molar-refractivity contribution in [1.82, 2.24) is 9.97 Å². The fraction of sp³-hybridized carbons (Fsp3) is 0.462. The quantitative estimate of drug-likeness (QED) is 0.332. The Kier molecular flexibility index (Phi) is 6.70. The van der Waals surface area contributed by atoms with Crippen LogP contribution in [0.5, 0.6) is 0 Å². The van der Waals surface area contributed by atoms with Gasteiger partial charge in [-0.2, -0.15) is 0 Å². The van der Waals surface area contributed by atoms with E-state index in [-0.39, 0.29) is 64.0 Å². The van der Waals surface area contributed by atoms with Crippen LogP contribution in [-0.2, 0) is 4.74 Å². The van der Waals surface area contributed by atoms with Gasteiger partial charge in [0.2, 0.25) is 5.95 Å².